The third-order valence-electron chi connectivity index (χ3n) is 7.44. The van der Waals surface area contributed by atoms with Gasteiger partial charge in [0.15, 0.2) is 9.84 Å². The van der Waals surface area contributed by atoms with Crippen molar-refractivity contribution in [2.24, 2.45) is 5.73 Å². The van der Waals surface area contributed by atoms with Crippen LogP contribution in [0.3, 0.4) is 0 Å². The lowest BCUT2D eigenvalue weighted by Gasteiger charge is -2.36. The molecule has 0 spiro atoms. The van der Waals surface area contributed by atoms with E-state index in [0.717, 1.165) is 18.4 Å². The van der Waals surface area contributed by atoms with Gasteiger partial charge in [-0.15, -0.1) is 0 Å². The van der Waals surface area contributed by atoms with Crippen LogP contribution in [0.2, 0.25) is 0 Å². The summed E-state index contributed by atoms with van der Waals surface area (Å²) in [6.07, 6.45) is -3.30. The lowest BCUT2D eigenvalue weighted by Crippen LogP contribution is -2.51. The molecule has 1 aliphatic rings. The molecule has 1 heterocycles. The number of hydrogen-bond acceptors (Lipinski definition) is 8. The molecule has 3 rings (SSSR count). The van der Waals surface area contributed by atoms with Crippen molar-refractivity contribution in [1.82, 2.24) is 5.32 Å². The molecule has 3 atom stereocenters. The molecule has 0 saturated heterocycles. The molecule has 0 amide bonds. The summed E-state index contributed by atoms with van der Waals surface area (Å²) in [6, 6.07) is 12.1. The zero-order chi connectivity index (χ0) is 33.5. The van der Waals surface area contributed by atoms with E-state index < -0.39 is 63.9 Å². The predicted octanol–water partition coefficient (Wildman–Crippen LogP) is 3.93. The fraction of sp³-hybridized carbons (Fsp3) is 0.483. The number of nitrogens with one attached hydrogen (secondary N) is 1. The number of methoxy groups -OCH3 is 1. The number of ether oxygens (including phenoxy) is 1. The Morgan fingerprint density at radius 2 is 1.66 bits per heavy atom. The number of halogens is 3. The largest absolute Gasteiger partial charge is 0.496 e. The summed E-state index contributed by atoms with van der Waals surface area (Å²) in [7, 11) is -2.44. The second-order valence-electron chi connectivity index (χ2n) is 10.7. The van der Waals surface area contributed by atoms with E-state index >= 15 is 0 Å². The minimum Gasteiger partial charge on any atom is -0.496 e. The van der Waals surface area contributed by atoms with Gasteiger partial charge in [0.05, 0.1) is 30.2 Å². The Labute approximate surface area is 253 Å². The van der Waals surface area contributed by atoms with Gasteiger partial charge in [0.2, 0.25) is 0 Å². The van der Waals surface area contributed by atoms with Gasteiger partial charge in [-0.2, -0.15) is 13.2 Å². The van der Waals surface area contributed by atoms with Crippen LogP contribution in [-0.4, -0.2) is 71.8 Å². The quantitative estimate of drug-likeness (QED) is 0.237. The van der Waals surface area contributed by atoms with Gasteiger partial charge in [-0.3, -0.25) is 14.9 Å². The lowest BCUT2D eigenvalue weighted by molar-refractivity contribution is -0.192. The van der Waals surface area contributed by atoms with Crippen molar-refractivity contribution in [2.45, 2.75) is 80.6 Å². The van der Waals surface area contributed by atoms with Gasteiger partial charge in [-0.05, 0) is 41.7 Å². The van der Waals surface area contributed by atoms with E-state index in [1.54, 1.807) is 6.07 Å². The number of aliphatic carboxylic acids is 3. The van der Waals surface area contributed by atoms with Crippen LogP contribution < -0.4 is 15.8 Å². The molecule has 2 aromatic rings. The Morgan fingerprint density at radius 1 is 1.07 bits per heavy atom. The summed E-state index contributed by atoms with van der Waals surface area (Å²) in [4.78, 5) is 32.3. The van der Waals surface area contributed by atoms with E-state index in [9.17, 15) is 41.4 Å². The number of hydrogen-bond donors (Lipinski definition) is 5. The Hall–Kier alpha value is -3.69. The number of rotatable bonds is 11. The van der Waals surface area contributed by atoms with Crippen molar-refractivity contribution in [2.75, 3.05) is 12.9 Å². The van der Waals surface area contributed by atoms with Crippen LogP contribution in [0.15, 0.2) is 47.4 Å². The van der Waals surface area contributed by atoms with Gasteiger partial charge in [-0.1, -0.05) is 57.0 Å². The molecule has 0 aromatic heterocycles. The number of sulfone groups is 1. The SMILES string of the molecule is CCCC[C@]1(CC)CS(=O)(=O)c2cc(C[C@@](N)(CC(=O)O)C(=O)O)c(OC)cc2[C@@H](c2ccccc2)N1.O=C(O)C(F)(F)F. The van der Waals surface area contributed by atoms with Crippen molar-refractivity contribution in [3.05, 3.63) is 59.2 Å². The van der Waals surface area contributed by atoms with Crippen LogP contribution in [0, 0.1) is 0 Å². The average Bonchev–Trinajstić information content (AvgIpc) is 3.03. The molecule has 0 radical (unpaired) electrons. The Kier molecular flexibility index (Phi) is 11.9. The normalized spacial score (nSPS) is 20.6. The van der Waals surface area contributed by atoms with Crippen LogP contribution >= 0.6 is 0 Å². The van der Waals surface area contributed by atoms with Crippen molar-refractivity contribution in [3.8, 4) is 5.75 Å². The first-order chi connectivity index (χ1) is 20.3. The number of nitrogens with two attached hydrogens (primary N) is 1. The molecule has 2 aromatic carbocycles. The molecule has 1 aliphatic heterocycles. The molecule has 15 heteroatoms. The highest BCUT2D eigenvalue weighted by Crippen LogP contribution is 2.41. The Balaban J connectivity index is 0.000000860. The zero-order valence-corrected chi connectivity index (χ0v) is 25.3. The zero-order valence-electron chi connectivity index (χ0n) is 24.5. The lowest BCUT2D eigenvalue weighted by atomic mass is 9.86. The van der Waals surface area contributed by atoms with E-state index in [1.807, 2.05) is 37.3 Å². The fourth-order valence-electron chi connectivity index (χ4n) is 5.08. The number of carboxylic acid groups (broad SMARTS) is 3. The molecular weight excluding hydrogens is 609 g/mol. The van der Waals surface area contributed by atoms with Gasteiger partial charge in [0.25, 0.3) is 0 Å². The first-order valence-corrected chi connectivity index (χ1v) is 15.3. The number of fused-ring (bicyclic) bond motifs is 1. The predicted molar refractivity (Wildman–Crippen MR) is 153 cm³/mol. The van der Waals surface area contributed by atoms with Crippen molar-refractivity contribution >= 4 is 27.7 Å². The molecule has 0 bridgehead atoms. The maximum absolute atomic E-state index is 13.9. The molecule has 44 heavy (non-hydrogen) atoms. The smallest absolute Gasteiger partial charge is 0.490 e. The summed E-state index contributed by atoms with van der Waals surface area (Å²) in [5.74, 6) is -5.50. The topological polar surface area (TPSA) is 193 Å². The maximum atomic E-state index is 13.9. The van der Waals surface area contributed by atoms with E-state index in [1.165, 1.54) is 13.2 Å². The van der Waals surface area contributed by atoms with Crippen molar-refractivity contribution in [1.29, 1.82) is 0 Å². The molecule has 11 nitrogen and oxygen atoms in total. The second kappa shape index (κ2) is 14.4. The first kappa shape index (κ1) is 36.5. The summed E-state index contributed by atoms with van der Waals surface area (Å²) < 4.78 is 65.1. The minimum atomic E-state index is -5.08. The number of benzene rings is 2. The molecule has 0 unspecified atom stereocenters. The molecule has 6 N–H and O–H groups in total. The van der Waals surface area contributed by atoms with E-state index in [4.69, 9.17) is 20.4 Å². The first-order valence-electron chi connectivity index (χ1n) is 13.6. The summed E-state index contributed by atoms with van der Waals surface area (Å²) in [6.45, 7) is 4.04. The number of carboxylic acids is 3. The second-order valence-corrected chi connectivity index (χ2v) is 12.7. The summed E-state index contributed by atoms with van der Waals surface area (Å²) >= 11 is 0. The van der Waals surface area contributed by atoms with Crippen LogP contribution in [-0.2, 0) is 30.6 Å². The van der Waals surface area contributed by atoms with Crippen LogP contribution in [0.25, 0.3) is 0 Å². The van der Waals surface area contributed by atoms with Crippen LogP contribution in [0.5, 0.6) is 5.75 Å². The number of alkyl halides is 3. The van der Waals surface area contributed by atoms with Gasteiger partial charge < -0.3 is 25.8 Å². The number of carbonyl (C=O) groups is 3. The van der Waals surface area contributed by atoms with E-state index in [0.29, 0.717) is 18.4 Å². The van der Waals surface area contributed by atoms with E-state index in [-0.39, 0.29) is 22.0 Å². The third-order valence-corrected chi connectivity index (χ3v) is 9.39. The fourth-order valence-corrected chi connectivity index (χ4v) is 7.25. The molecular formula is C29H37F3N2O9S. The monoisotopic (exact) mass is 646 g/mol. The van der Waals surface area contributed by atoms with Gasteiger partial charge in [0, 0.05) is 12.0 Å². The number of unbranched alkanes of at least 4 members (excludes halogenated alkanes) is 1. The standard InChI is InChI=1S/C27H36N2O7S.C2HF3O2/c1-4-6-12-26(5-2)17-37(34,35)22-13-19(15-27(28,25(32)33)16-23(30)31)21(36-3)14-20(22)24(29-26)18-10-8-7-9-11-18;3-2(4,5)1(6)7/h7-11,13-14,24,29H,4-6,12,15-17,28H2,1-3H3,(H,30,31)(H,32,33);(H,6,7)/t24-,26-,27-;/m1./s1. The van der Waals surface area contributed by atoms with E-state index in [2.05, 4.69) is 12.2 Å². The Morgan fingerprint density at radius 3 is 2.11 bits per heavy atom. The van der Waals surface area contributed by atoms with Gasteiger partial charge in [-0.25, -0.2) is 13.2 Å². The van der Waals surface area contributed by atoms with Crippen molar-refractivity contribution in [3.63, 3.8) is 0 Å². The highest BCUT2D eigenvalue weighted by atomic mass is 32.2. The summed E-state index contributed by atoms with van der Waals surface area (Å²) in [5, 5.41) is 29.8. The van der Waals surface area contributed by atoms with Gasteiger partial charge in [0.1, 0.15) is 11.3 Å². The summed E-state index contributed by atoms with van der Waals surface area (Å²) in [5.41, 5.74) is 4.79. The maximum Gasteiger partial charge on any atom is 0.490 e. The third kappa shape index (κ3) is 8.92. The minimum absolute atomic E-state index is 0.0690. The van der Waals surface area contributed by atoms with Crippen LogP contribution in [0.4, 0.5) is 13.2 Å². The van der Waals surface area contributed by atoms with Crippen molar-refractivity contribution < 1.29 is 56.0 Å². The Bertz CT molecular complexity index is 1450. The average molecular weight is 647 g/mol. The molecule has 0 saturated carbocycles. The van der Waals surface area contributed by atoms with Crippen LogP contribution in [0.1, 0.15) is 68.7 Å². The highest BCUT2D eigenvalue weighted by Gasteiger charge is 2.44. The van der Waals surface area contributed by atoms with Gasteiger partial charge >= 0.3 is 24.1 Å². The molecule has 0 aliphatic carbocycles. The molecule has 0 fully saturated rings. The highest BCUT2D eigenvalue weighted by molar-refractivity contribution is 7.91. The molecule has 244 valence electrons.